The second-order valence-electron chi connectivity index (χ2n) is 3.96. The molecule has 0 heterocycles. The summed E-state index contributed by atoms with van der Waals surface area (Å²) in [7, 11) is 0. The van der Waals surface area contributed by atoms with Gasteiger partial charge >= 0.3 is 73.7 Å². The zero-order chi connectivity index (χ0) is 7.56. The zero-order valence-electron chi connectivity index (χ0n) is 7.56. The van der Waals surface area contributed by atoms with Gasteiger partial charge in [0.25, 0.3) is 0 Å². The van der Waals surface area contributed by atoms with E-state index in [1.807, 2.05) is 0 Å². The molecule has 1 rings (SSSR count). The fraction of sp³-hybridized carbons (Fsp3) is 1.00. The van der Waals surface area contributed by atoms with Crippen molar-refractivity contribution in [2.75, 3.05) is 0 Å². The molecule has 1 aliphatic rings. The van der Waals surface area contributed by atoms with E-state index in [2.05, 4.69) is 31.6 Å². The van der Waals surface area contributed by atoms with E-state index in [1.165, 1.54) is 25.7 Å². The molecule has 1 fully saturated rings. The number of rotatable bonds is 2. The van der Waals surface area contributed by atoms with Crippen LogP contribution in [0.2, 0.25) is 4.59 Å². The second kappa shape index (κ2) is 3.84. The van der Waals surface area contributed by atoms with Gasteiger partial charge in [0.05, 0.1) is 0 Å². The Bertz CT molecular complexity index is 101. The van der Waals surface area contributed by atoms with Crippen molar-refractivity contribution in [1.29, 1.82) is 0 Å². The van der Waals surface area contributed by atoms with Crippen LogP contribution in [0, 0.1) is 11.8 Å². The Hall–Kier alpha value is 0.597. The molecular formula is C9H17Li. The van der Waals surface area contributed by atoms with Gasteiger partial charge in [-0.25, -0.2) is 0 Å². The van der Waals surface area contributed by atoms with Crippen LogP contribution in [0.4, 0.5) is 0 Å². The summed E-state index contributed by atoms with van der Waals surface area (Å²) in [5.41, 5.74) is 0. The summed E-state index contributed by atoms with van der Waals surface area (Å²) < 4.78 is 1.01. The van der Waals surface area contributed by atoms with Gasteiger partial charge in [-0.15, -0.1) is 0 Å². The molecule has 1 aliphatic carbocycles. The van der Waals surface area contributed by atoms with Crippen molar-refractivity contribution < 1.29 is 0 Å². The molecule has 3 unspecified atom stereocenters. The van der Waals surface area contributed by atoms with Crippen molar-refractivity contribution in [2.45, 2.75) is 44.1 Å². The molecule has 0 bridgehead atoms. The fourth-order valence-electron chi connectivity index (χ4n) is 2.32. The Balaban J connectivity index is 2.38. The van der Waals surface area contributed by atoms with Crippen LogP contribution in [0.1, 0.15) is 39.5 Å². The van der Waals surface area contributed by atoms with Crippen LogP contribution in [0.15, 0.2) is 0 Å². The van der Waals surface area contributed by atoms with Crippen molar-refractivity contribution >= 4 is 17.7 Å². The van der Waals surface area contributed by atoms with Gasteiger partial charge in [0, 0.05) is 0 Å². The van der Waals surface area contributed by atoms with Gasteiger partial charge < -0.3 is 0 Å². The molecule has 3 atom stereocenters. The average Bonchev–Trinajstić information content (AvgIpc) is 2.34. The molecule has 0 aliphatic heterocycles. The SMILES string of the molecule is [Li][CH]1CCCC1C(C)CC. The molecule has 0 N–H and O–H groups in total. The van der Waals surface area contributed by atoms with Gasteiger partial charge in [-0.3, -0.25) is 0 Å². The first-order valence-corrected chi connectivity index (χ1v) is 4.75. The molecule has 10 heavy (non-hydrogen) atoms. The molecule has 0 radical (unpaired) electrons. The summed E-state index contributed by atoms with van der Waals surface area (Å²) in [5, 5.41) is 0. The van der Waals surface area contributed by atoms with E-state index in [0.29, 0.717) is 0 Å². The van der Waals surface area contributed by atoms with E-state index >= 15 is 0 Å². The van der Waals surface area contributed by atoms with Gasteiger partial charge in [-0.2, -0.15) is 0 Å². The predicted molar refractivity (Wildman–Crippen MR) is 46.3 cm³/mol. The maximum absolute atomic E-state index is 2.42. The minimum atomic E-state index is 0.970. The summed E-state index contributed by atoms with van der Waals surface area (Å²) >= 11 is 2.42. The Kier molecular flexibility index (Phi) is 3.33. The zero-order valence-corrected chi connectivity index (χ0v) is 7.56. The van der Waals surface area contributed by atoms with Crippen LogP contribution < -0.4 is 0 Å². The molecule has 0 nitrogen and oxygen atoms in total. The molecule has 0 aromatic heterocycles. The molecule has 0 aromatic carbocycles. The van der Waals surface area contributed by atoms with Crippen LogP contribution in [-0.4, -0.2) is 17.7 Å². The molecule has 0 saturated heterocycles. The van der Waals surface area contributed by atoms with Crippen LogP contribution in [0.25, 0.3) is 0 Å². The van der Waals surface area contributed by atoms with E-state index < -0.39 is 0 Å². The monoisotopic (exact) mass is 132 g/mol. The number of hydrogen-bond donors (Lipinski definition) is 0. The molecule has 1 saturated carbocycles. The fourth-order valence-corrected chi connectivity index (χ4v) is 2.32. The van der Waals surface area contributed by atoms with Gasteiger partial charge in [-0.1, -0.05) is 0 Å². The summed E-state index contributed by atoms with van der Waals surface area (Å²) in [4.78, 5) is 0. The Morgan fingerprint density at radius 2 is 2.20 bits per heavy atom. The Morgan fingerprint density at radius 3 is 2.60 bits per heavy atom. The summed E-state index contributed by atoms with van der Waals surface area (Å²) in [6.07, 6.45) is 5.83. The second-order valence-corrected chi connectivity index (χ2v) is 3.96. The third-order valence-corrected chi connectivity index (χ3v) is 3.30. The van der Waals surface area contributed by atoms with E-state index in [0.717, 1.165) is 16.4 Å². The van der Waals surface area contributed by atoms with Crippen LogP contribution in [-0.2, 0) is 0 Å². The van der Waals surface area contributed by atoms with E-state index in [9.17, 15) is 0 Å². The first kappa shape index (κ1) is 8.69. The normalized spacial score (nSPS) is 36.4. The molecule has 0 amide bonds. The van der Waals surface area contributed by atoms with E-state index in [4.69, 9.17) is 0 Å². The number of hydrogen-bond acceptors (Lipinski definition) is 0. The maximum atomic E-state index is 2.42. The molecular weight excluding hydrogens is 115 g/mol. The van der Waals surface area contributed by atoms with Crippen LogP contribution in [0.5, 0.6) is 0 Å². The first-order chi connectivity index (χ1) is 4.75. The summed E-state index contributed by atoms with van der Waals surface area (Å²) in [6, 6.07) is 0. The van der Waals surface area contributed by atoms with Crippen molar-refractivity contribution in [3.63, 3.8) is 0 Å². The average molecular weight is 132 g/mol. The molecule has 1 heteroatoms. The third kappa shape index (κ3) is 1.80. The first-order valence-electron chi connectivity index (χ1n) is 4.75. The van der Waals surface area contributed by atoms with Gasteiger partial charge in [-0.05, 0) is 0 Å². The topological polar surface area (TPSA) is 0 Å². The van der Waals surface area contributed by atoms with Gasteiger partial charge in [0.15, 0.2) is 0 Å². The Labute approximate surface area is 74.0 Å². The molecule has 54 valence electrons. The molecule has 0 aromatic rings. The van der Waals surface area contributed by atoms with Crippen molar-refractivity contribution in [3.8, 4) is 0 Å². The minimum absolute atomic E-state index is 0.970. The van der Waals surface area contributed by atoms with Crippen molar-refractivity contribution in [3.05, 3.63) is 0 Å². The predicted octanol–water partition coefficient (Wildman–Crippen LogP) is 2.79. The van der Waals surface area contributed by atoms with Crippen LogP contribution in [0.3, 0.4) is 0 Å². The van der Waals surface area contributed by atoms with Gasteiger partial charge in [0.2, 0.25) is 0 Å². The Morgan fingerprint density at radius 1 is 1.50 bits per heavy atom. The van der Waals surface area contributed by atoms with Crippen LogP contribution >= 0.6 is 0 Å². The van der Waals surface area contributed by atoms with Crippen molar-refractivity contribution in [2.24, 2.45) is 11.8 Å². The standard InChI is InChI=1S/C9H17.Li/c1-3-8(2)9-6-4-5-7-9;/h6,8-9H,3-5,7H2,1-2H3;. The van der Waals surface area contributed by atoms with Crippen molar-refractivity contribution in [1.82, 2.24) is 0 Å². The third-order valence-electron chi connectivity index (χ3n) is 3.30. The summed E-state index contributed by atoms with van der Waals surface area (Å²) in [5.74, 6) is 2.02. The quantitative estimate of drug-likeness (QED) is 0.507. The molecule has 0 spiro atoms. The van der Waals surface area contributed by atoms with E-state index in [1.54, 1.807) is 0 Å². The summed E-state index contributed by atoms with van der Waals surface area (Å²) in [6.45, 7) is 4.72. The van der Waals surface area contributed by atoms with Gasteiger partial charge in [0.1, 0.15) is 0 Å². The van der Waals surface area contributed by atoms with E-state index in [-0.39, 0.29) is 0 Å².